The van der Waals surface area contributed by atoms with Gasteiger partial charge in [0.15, 0.2) is 0 Å². The summed E-state index contributed by atoms with van der Waals surface area (Å²) in [5.41, 5.74) is 1.27. The maximum atomic E-state index is 13.6. The Morgan fingerprint density at radius 1 is 1.57 bits per heavy atom. The SMILES string of the molecule is C=CSc1c(N=CI)ccc(C)c1F. The highest BCUT2D eigenvalue weighted by Crippen LogP contribution is 2.34. The van der Waals surface area contributed by atoms with Gasteiger partial charge in [0.25, 0.3) is 0 Å². The molecule has 0 aromatic heterocycles. The van der Waals surface area contributed by atoms with Crippen LogP contribution in [-0.2, 0) is 0 Å². The highest BCUT2D eigenvalue weighted by Gasteiger charge is 2.09. The van der Waals surface area contributed by atoms with Crippen LogP contribution >= 0.6 is 34.4 Å². The van der Waals surface area contributed by atoms with Crippen LogP contribution in [0.3, 0.4) is 0 Å². The van der Waals surface area contributed by atoms with E-state index in [9.17, 15) is 4.39 Å². The second-order valence-electron chi connectivity index (χ2n) is 2.56. The van der Waals surface area contributed by atoms with Gasteiger partial charge in [-0.2, -0.15) is 0 Å². The topological polar surface area (TPSA) is 12.4 Å². The first-order valence-corrected chi connectivity index (χ1v) is 6.02. The number of nitrogens with zero attached hydrogens (tertiary/aromatic N) is 1. The molecule has 1 nitrogen and oxygen atoms in total. The summed E-state index contributed by atoms with van der Waals surface area (Å²) in [5, 5.41) is 1.60. The Hall–Kier alpha value is -0.360. The van der Waals surface area contributed by atoms with Crippen LogP contribution in [0.15, 0.2) is 34.0 Å². The summed E-state index contributed by atoms with van der Waals surface area (Å²) in [6.45, 7) is 5.31. The lowest BCUT2D eigenvalue weighted by Gasteiger charge is -2.05. The number of hydrogen-bond acceptors (Lipinski definition) is 2. The summed E-state index contributed by atoms with van der Waals surface area (Å²) in [6.07, 6.45) is 0. The molecule has 74 valence electrons. The van der Waals surface area contributed by atoms with Crippen LogP contribution in [0.1, 0.15) is 5.56 Å². The molecule has 14 heavy (non-hydrogen) atoms. The Bertz CT molecular complexity index is 377. The molecule has 0 bridgehead atoms. The molecule has 0 aliphatic carbocycles. The third kappa shape index (κ3) is 2.57. The molecule has 1 aromatic rings. The Balaban J connectivity index is 3.28. The lowest BCUT2D eigenvalue weighted by atomic mass is 10.2. The number of rotatable bonds is 3. The first kappa shape index (κ1) is 11.7. The van der Waals surface area contributed by atoms with Gasteiger partial charge in [0.05, 0.1) is 14.8 Å². The molecule has 0 aliphatic rings. The second-order valence-corrected chi connectivity index (χ2v) is 4.09. The van der Waals surface area contributed by atoms with E-state index in [1.165, 1.54) is 11.8 Å². The molecule has 0 atom stereocenters. The van der Waals surface area contributed by atoms with E-state index in [0.29, 0.717) is 16.1 Å². The molecule has 1 rings (SSSR count). The summed E-state index contributed by atoms with van der Waals surface area (Å²) in [6, 6.07) is 3.53. The van der Waals surface area contributed by atoms with Crippen molar-refractivity contribution >= 4 is 44.3 Å². The quantitative estimate of drug-likeness (QED) is 0.455. The van der Waals surface area contributed by atoms with Crippen molar-refractivity contribution < 1.29 is 4.39 Å². The molecule has 0 aliphatic heterocycles. The second kappa shape index (κ2) is 5.50. The van der Waals surface area contributed by atoms with Crippen LogP contribution < -0.4 is 0 Å². The number of aryl methyl sites for hydroxylation is 1. The molecule has 0 heterocycles. The predicted molar refractivity (Wildman–Crippen MR) is 69.4 cm³/mol. The standard InChI is InChI=1S/C10H9FINS/c1-3-14-10-8(13-6-12)5-4-7(2)9(10)11/h3-6H,1H2,2H3. The largest absolute Gasteiger partial charge is 0.249 e. The van der Waals surface area contributed by atoms with Crippen molar-refractivity contribution in [2.45, 2.75) is 11.8 Å². The number of aliphatic imine (C=N–C) groups is 1. The van der Waals surface area contributed by atoms with E-state index in [4.69, 9.17) is 0 Å². The average Bonchev–Trinajstić information content (AvgIpc) is 2.18. The Morgan fingerprint density at radius 2 is 2.29 bits per heavy atom. The van der Waals surface area contributed by atoms with E-state index < -0.39 is 0 Å². The van der Waals surface area contributed by atoms with Gasteiger partial charge >= 0.3 is 0 Å². The van der Waals surface area contributed by atoms with Crippen LogP contribution in [-0.4, -0.2) is 4.22 Å². The first-order chi connectivity index (χ1) is 6.70. The van der Waals surface area contributed by atoms with Gasteiger partial charge in [-0.15, -0.1) is 0 Å². The minimum Gasteiger partial charge on any atom is -0.249 e. The summed E-state index contributed by atoms with van der Waals surface area (Å²) in [5.74, 6) is -0.214. The van der Waals surface area contributed by atoms with Crippen LogP contribution in [0.25, 0.3) is 0 Å². The van der Waals surface area contributed by atoms with Gasteiger partial charge in [0, 0.05) is 0 Å². The zero-order valence-electron chi connectivity index (χ0n) is 7.63. The van der Waals surface area contributed by atoms with Gasteiger partial charge in [-0.05, 0) is 46.6 Å². The fraction of sp³-hybridized carbons (Fsp3) is 0.100. The zero-order chi connectivity index (χ0) is 10.6. The highest BCUT2D eigenvalue weighted by atomic mass is 127. The van der Waals surface area contributed by atoms with E-state index in [0.717, 1.165) is 0 Å². The van der Waals surface area contributed by atoms with Crippen molar-refractivity contribution in [1.82, 2.24) is 0 Å². The number of halogens is 2. The fourth-order valence-electron chi connectivity index (χ4n) is 0.994. The minimum atomic E-state index is -0.214. The highest BCUT2D eigenvalue weighted by molar-refractivity contribution is 14.1. The van der Waals surface area contributed by atoms with Crippen LogP contribution in [0.2, 0.25) is 0 Å². The maximum absolute atomic E-state index is 13.6. The molecule has 0 radical (unpaired) electrons. The smallest absolute Gasteiger partial charge is 0.142 e. The van der Waals surface area contributed by atoms with Gasteiger partial charge in [0.2, 0.25) is 0 Å². The van der Waals surface area contributed by atoms with Crippen LogP contribution in [0.5, 0.6) is 0 Å². The molecule has 0 N–H and O–H groups in total. The van der Waals surface area contributed by atoms with Gasteiger partial charge in [-0.25, -0.2) is 9.38 Å². The zero-order valence-corrected chi connectivity index (χ0v) is 10.6. The molecule has 0 amide bonds. The van der Waals surface area contributed by atoms with Crippen molar-refractivity contribution in [3.8, 4) is 0 Å². The Labute approximate surface area is 101 Å². The predicted octanol–water partition coefficient (Wildman–Crippen LogP) is 4.46. The summed E-state index contributed by atoms with van der Waals surface area (Å²) in [7, 11) is 0. The van der Waals surface area contributed by atoms with Gasteiger partial charge in [-0.3, -0.25) is 0 Å². The lowest BCUT2D eigenvalue weighted by molar-refractivity contribution is 0.594. The summed E-state index contributed by atoms with van der Waals surface area (Å²) < 4.78 is 15.2. The van der Waals surface area contributed by atoms with Crippen molar-refractivity contribution in [2.24, 2.45) is 4.99 Å². The first-order valence-electron chi connectivity index (χ1n) is 3.90. The summed E-state index contributed by atoms with van der Waals surface area (Å²) >= 11 is 3.26. The number of benzene rings is 1. The van der Waals surface area contributed by atoms with Gasteiger partial charge in [-0.1, -0.05) is 24.4 Å². The van der Waals surface area contributed by atoms with Crippen molar-refractivity contribution in [3.63, 3.8) is 0 Å². The van der Waals surface area contributed by atoms with Crippen LogP contribution in [0.4, 0.5) is 10.1 Å². The molecule has 0 fully saturated rings. The fourth-order valence-corrected chi connectivity index (χ4v) is 1.97. The van der Waals surface area contributed by atoms with Gasteiger partial charge in [0.1, 0.15) is 5.82 Å². The molecule has 0 saturated heterocycles. The van der Waals surface area contributed by atoms with Gasteiger partial charge < -0.3 is 0 Å². The minimum absolute atomic E-state index is 0.214. The number of thioether (sulfide) groups is 1. The molecule has 1 aromatic carbocycles. The van der Waals surface area contributed by atoms with Crippen molar-refractivity contribution in [2.75, 3.05) is 0 Å². The molecule has 4 heteroatoms. The van der Waals surface area contributed by atoms with E-state index in [2.05, 4.69) is 11.6 Å². The summed E-state index contributed by atoms with van der Waals surface area (Å²) in [4.78, 5) is 4.62. The monoisotopic (exact) mass is 321 g/mol. The Morgan fingerprint density at radius 3 is 2.86 bits per heavy atom. The normalized spacial score (nSPS) is 10.8. The molecular formula is C10H9FINS. The molecular weight excluding hydrogens is 312 g/mol. The average molecular weight is 321 g/mol. The van der Waals surface area contributed by atoms with Crippen LogP contribution in [0, 0.1) is 12.7 Å². The maximum Gasteiger partial charge on any atom is 0.142 e. The Kier molecular flexibility index (Phi) is 4.60. The molecule has 0 saturated carbocycles. The van der Waals surface area contributed by atoms with E-state index >= 15 is 0 Å². The third-order valence-corrected chi connectivity index (χ3v) is 2.73. The molecule has 0 unspecified atom stereocenters. The molecule has 0 spiro atoms. The van der Waals surface area contributed by atoms with Crippen molar-refractivity contribution in [3.05, 3.63) is 35.5 Å². The van der Waals surface area contributed by atoms with E-state index in [1.807, 2.05) is 22.6 Å². The number of hydrogen-bond donors (Lipinski definition) is 0. The van der Waals surface area contributed by atoms with E-state index in [1.54, 1.807) is 28.7 Å². The lowest BCUT2D eigenvalue weighted by Crippen LogP contribution is -1.86. The van der Waals surface area contributed by atoms with E-state index in [-0.39, 0.29) is 5.82 Å². The van der Waals surface area contributed by atoms with Crippen molar-refractivity contribution in [1.29, 1.82) is 0 Å². The third-order valence-electron chi connectivity index (χ3n) is 1.66.